The summed E-state index contributed by atoms with van der Waals surface area (Å²) in [5, 5.41) is 10.3. The fraction of sp³-hybridized carbons (Fsp3) is 0. The Bertz CT molecular complexity index is 1710. The molecule has 28 heavy (non-hydrogen) atoms. The van der Waals surface area contributed by atoms with E-state index in [1.165, 1.54) is 65.2 Å². The van der Waals surface area contributed by atoms with Gasteiger partial charge in [0.1, 0.15) is 0 Å². The van der Waals surface area contributed by atoms with Gasteiger partial charge in [0.15, 0.2) is 0 Å². The van der Waals surface area contributed by atoms with E-state index < -0.39 is 0 Å². The third-order valence-corrected chi connectivity index (χ3v) is 6.12. The smallest absolute Gasteiger partial charge is 0.0573 e. The highest BCUT2D eigenvalue weighted by Gasteiger charge is 2.17. The second-order valence-electron chi connectivity index (χ2n) is 7.55. The molecule has 0 aliphatic rings. The third-order valence-electron chi connectivity index (χ3n) is 6.12. The van der Waals surface area contributed by atoms with Crippen molar-refractivity contribution in [2.75, 3.05) is 0 Å². The van der Waals surface area contributed by atoms with Gasteiger partial charge in [-0.1, -0.05) is 78.9 Å². The van der Waals surface area contributed by atoms with Crippen LogP contribution in [0.5, 0.6) is 0 Å². The normalized spacial score (nSPS) is 12.3. The van der Waals surface area contributed by atoms with Crippen LogP contribution in [-0.4, -0.2) is 9.97 Å². The van der Waals surface area contributed by atoms with E-state index in [2.05, 4.69) is 94.9 Å². The zero-order valence-electron chi connectivity index (χ0n) is 15.1. The quantitative estimate of drug-likeness (QED) is 0.286. The van der Waals surface area contributed by atoms with E-state index in [1.807, 2.05) is 0 Å². The van der Waals surface area contributed by atoms with Crippen LogP contribution in [0.4, 0.5) is 0 Å². The van der Waals surface area contributed by atoms with Crippen LogP contribution in [0.15, 0.2) is 84.9 Å². The van der Waals surface area contributed by atoms with Crippen molar-refractivity contribution in [3.63, 3.8) is 0 Å². The first-order valence-electron chi connectivity index (χ1n) is 9.64. The van der Waals surface area contributed by atoms with Crippen molar-refractivity contribution in [2.45, 2.75) is 0 Å². The van der Waals surface area contributed by atoms with Crippen molar-refractivity contribution in [1.82, 2.24) is 9.97 Å². The van der Waals surface area contributed by atoms with Crippen LogP contribution in [0.1, 0.15) is 0 Å². The molecule has 2 heterocycles. The predicted octanol–water partition coefficient (Wildman–Crippen LogP) is 7.26. The van der Waals surface area contributed by atoms with E-state index in [-0.39, 0.29) is 0 Å². The van der Waals surface area contributed by atoms with Gasteiger partial charge < -0.3 is 9.97 Å². The fourth-order valence-corrected chi connectivity index (χ4v) is 4.93. The summed E-state index contributed by atoms with van der Waals surface area (Å²) < 4.78 is 0. The number of H-pyrrole nitrogens is 2. The molecule has 130 valence electrons. The molecule has 2 heteroatoms. The van der Waals surface area contributed by atoms with Gasteiger partial charge in [-0.3, -0.25) is 0 Å². The van der Waals surface area contributed by atoms with Crippen LogP contribution >= 0.6 is 0 Å². The van der Waals surface area contributed by atoms with Crippen molar-refractivity contribution in [2.24, 2.45) is 0 Å². The van der Waals surface area contributed by atoms with E-state index in [4.69, 9.17) is 0 Å². The molecule has 0 aliphatic carbocycles. The molecule has 0 radical (unpaired) electrons. The summed E-state index contributed by atoms with van der Waals surface area (Å²) in [7, 11) is 0. The van der Waals surface area contributed by atoms with Crippen LogP contribution in [0.25, 0.3) is 65.2 Å². The minimum atomic E-state index is 1.18. The van der Waals surface area contributed by atoms with E-state index in [9.17, 15) is 0 Å². The van der Waals surface area contributed by atoms with Gasteiger partial charge in [0.2, 0.25) is 0 Å². The molecule has 2 nitrogen and oxygen atoms in total. The molecule has 0 unspecified atom stereocenters. The van der Waals surface area contributed by atoms with Gasteiger partial charge >= 0.3 is 0 Å². The van der Waals surface area contributed by atoms with E-state index >= 15 is 0 Å². The van der Waals surface area contributed by atoms with Crippen molar-refractivity contribution in [3.8, 4) is 0 Å². The number of fused-ring (bicyclic) bond motifs is 12. The third kappa shape index (κ3) is 1.64. The number of aromatic amines is 2. The van der Waals surface area contributed by atoms with E-state index in [1.54, 1.807) is 0 Å². The number of aromatic nitrogens is 2. The molecule has 0 amide bonds. The van der Waals surface area contributed by atoms with Crippen LogP contribution in [0.3, 0.4) is 0 Å². The number of benzene rings is 5. The molecule has 7 rings (SSSR count). The lowest BCUT2D eigenvalue weighted by Crippen LogP contribution is -1.79. The van der Waals surface area contributed by atoms with Crippen molar-refractivity contribution in [3.05, 3.63) is 84.9 Å². The Labute approximate surface area is 160 Å². The molecular weight excluding hydrogens is 340 g/mol. The Morgan fingerprint density at radius 1 is 0.393 bits per heavy atom. The Balaban J connectivity index is 1.89. The van der Waals surface area contributed by atoms with Crippen molar-refractivity contribution >= 4 is 65.2 Å². The summed E-state index contributed by atoms with van der Waals surface area (Å²) in [6, 6.07) is 30.4. The van der Waals surface area contributed by atoms with Gasteiger partial charge in [-0.25, -0.2) is 0 Å². The highest BCUT2D eigenvalue weighted by atomic mass is 14.7. The van der Waals surface area contributed by atoms with Crippen molar-refractivity contribution < 1.29 is 0 Å². The fourth-order valence-electron chi connectivity index (χ4n) is 4.93. The zero-order valence-corrected chi connectivity index (χ0v) is 15.1. The first-order valence-corrected chi connectivity index (χ1v) is 9.64. The lowest BCUT2D eigenvalue weighted by Gasteiger charge is -2.04. The van der Waals surface area contributed by atoms with E-state index in [0.717, 1.165) is 0 Å². The minimum Gasteiger partial charge on any atom is -0.354 e. The Morgan fingerprint density at radius 2 is 1.11 bits per heavy atom. The monoisotopic (exact) mass is 356 g/mol. The summed E-state index contributed by atoms with van der Waals surface area (Å²) in [4.78, 5) is 7.49. The molecule has 2 N–H and O–H groups in total. The summed E-state index contributed by atoms with van der Waals surface area (Å²) >= 11 is 0. The average molecular weight is 356 g/mol. The van der Waals surface area contributed by atoms with Gasteiger partial charge in [0, 0.05) is 37.8 Å². The molecule has 0 fully saturated rings. The van der Waals surface area contributed by atoms with Gasteiger partial charge in [0.05, 0.1) is 16.6 Å². The summed E-state index contributed by atoms with van der Waals surface area (Å²) in [5.74, 6) is 0. The standard InChI is InChI=1S/C26H16N2/c1-2-8-16-15(7-1)13-14-20-22-17-9-3-4-10-18(17)25-23(26(22)28-24(16)20)19-11-5-6-12-21(19)27-25/h1-14,27-28H. The lowest BCUT2D eigenvalue weighted by molar-refractivity contribution is 1.56. The topological polar surface area (TPSA) is 31.6 Å². The largest absolute Gasteiger partial charge is 0.354 e. The van der Waals surface area contributed by atoms with Crippen LogP contribution < -0.4 is 0 Å². The summed E-state index contributed by atoms with van der Waals surface area (Å²) in [6.07, 6.45) is 0. The maximum Gasteiger partial charge on any atom is 0.0573 e. The maximum atomic E-state index is 3.81. The molecule has 0 spiro atoms. The Hall–Kier alpha value is -3.78. The average Bonchev–Trinajstić information content (AvgIpc) is 3.33. The second kappa shape index (κ2) is 4.93. The molecular formula is C26H16N2. The molecule has 2 aromatic heterocycles. The predicted molar refractivity (Wildman–Crippen MR) is 120 cm³/mol. The molecule has 5 aromatic carbocycles. The second-order valence-corrected chi connectivity index (χ2v) is 7.55. The number of hydrogen-bond acceptors (Lipinski definition) is 0. The van der Waals surface area contributed by atoms with Crippen LogP contribution in [0, 0.1) is 0 Å². The molecule has 0 saturated heterocycles. The first kappa shape index (κ1) is 14.3. The van der Waals surface area contributed by atoms with Crippen LogP contribution in [-0.2, 0) is 0 Å². The molecule has 0 saturated carbocycles. The highest BCUT2D eigenvalue weighted by molar-refractivity contribution is 6.36. The molecule has 0 aliphatic heterocycles. The number of para-hydroxylation sites is 1. The first-order chi connectivity index (χ1) is 13.9. The Kier molecular flexibility index (Phi) is 2.52. The maximum absolute atomic E-state index is 3.81. The van der Waals surface area contributed by atoms with Gasteiger partial charge in [-0.05, 0) is 16.8 Å². The molecule has 7 aromatic rings. The van der Waals surface area contributed by atoms with Gasteiger partial charge in [-0.15, -0.1) is 0 Å². The van der Waals surface area contributed by atoms with Crippen molar-refractivity contribution in [1.29, 1.82) is 0 Å². The number of nitrogens with one attached hydrogen (secondary N) is 2. The number of rotatable bonds is 0. The van der Waals surface area contributed by atoms with E-state index in [0.29, 0.717) is 0 Å². The molecule has 0 atom stereocenters. The summed E-state index contributed by atoms with van der Waals surface area (Å²) in [6.45, 7) is 0. The zero-order chi connectivity index (χ0) is 18.2. The van der Waals surface area contributed by atoms with Gasteiger partial charge in [-0.2, -0.15) is 0 Å². The summed E-state index contributed by atoms with van der Waals surface area (Å²) in [5.41, 5.74) is 4.83. The lowest BCUT2D eigenvalue weighted by atomic mass is 9.98. The van der Waals surface area contributed by atoms with Crippen LogP contribution in [0.2, 0.25) is 0 Å². The SMILES string of the molecule is c1ccc2c(c1)ccc1c2[nH]c2c1c1ccccc1c1[nH]c3ccccc3c12. The molecule has 0 bridgehead atoms. The number of hydrogen-bond donors (Lipinski definition) is 2. The minimum absolute atomic E-state index is 1.18. The Morgan fingerprint density at radius 3 is 2.00 bits per heavy atom. The highest BCUT2D eigenvalue weighted by Crippen LogP contribution is 2.42. The van der Waals surface area contributed by atoms with Gasteiger partial charge in [0.25, 0.3) is 0 Å².